The Hall–Kier alpha value is -1.02. The first-order valence-electron chi connectivity index (χ1n) is 8.62. The number of rotatable bonds is 6. The third-order valence-corrected chi connectivity index (χ3v) is 6.92. The molecule has 134 valence electrons. The van der Waals surface area contributed by atoms with E-state index in [1.54, 1.807) is 23.6 Å². The summed E-state index contributed by atoms with van der Waals surface area (Å²) >= 11 is 0. The highest BCUT2D eigenvalue weighted by molar-refractivity contribution is 7.89. The van der Waals surface area contributed by atoms with Crippen LogP contribution in [-0.2, 0) is 26.1 Å². The van der Waals surface area contributed by atoms with Crippen molar-refractivity contribution in [3.05, 3.63) is 30.1 Å². The highest BCUT2D eigenvalue weighted by atomic mass is 32.2. The second kappa shape index (κ2) is 7.47. The summed E-state index contributed by atoms with van der Waals surface area (Å²) in [7, 11) is -3.17. The van der Waals surface area contributed by atoms with E-state index in [1.165, 1.54) is 0 Å². The number of hydrogen-bond acceptors (Lipinski definition) is 5. The molecule has 3 rings (SSSR count). The average molecular weight is 354 g/mol. The topological polar surface area (TPSA) is 68.7 Å². The highest BCUT2D eigenvalue weighted by Crippen LogP contribution is 2.41. The van der Waals surface area contributed by atoms with Crippen LogP contribution in [0.3, 0.4) is 0 Å². The van der Waals surface area contributed by atoms with Crippen molar-refractivity contribution in [2.45, 2.75) is 38.9 Å². The van der Waals surface area contributed by atoms with Crippen molar-refractivity contribution in [3.63, 3.8) is 0 Å². The van der Waals surface area contributed by atoms with Gasteiger partial charge in [0.05, 0.1) is 25.1 Å². The molecule has 1 aromatic heterocycles. The van der Waals surface area contributed by atoms with Crippen LogP contribution >= 0.6 is 0 Å². The zero-order valence-electron chi connectivity index (χ0n) is 14.2. The molecule has 0 aromatic carbocycles. The van der Waals surface area contributed by atoms with Gasteiger partial charge in [0.15, 0.2) is 0 Å². The Morgan fingerprint density at radius 2 is 2.38 bits per heavy atom. The lowest BCUT2D eigenvalue weighted by atomic mass is 9.73. The summed E-state index contributed by atoms with van der Waals surface area (Å²) in [5.74, 6) is 0.144. The second-order valence-corrected chi connectivity index (χ2v) is 8.96. The Kier molecular flexibility index (Phi) is 5.54. The van der Waals surface area contributed by atoms with E-state index in [-0.39, 0.29) is 17.3 Å². The van der Waals surface area contributed by atoms with Crippen LogP contribution in [0.5, 0.6) is 0 Å². The Morgan fingerprint density at radius 3 is 3.12 bits per heavy atom. The lowest BCUT2D eigenvalue weighted by Gasteiger charge is -2.49. The molecule has 0 radical (unpaired) electrons. The maximum Gasteiger partial charge on any atom is 0.213 e. The molecule has 2 saturated heterocycles. The van der Waals surface area contributed by atoms with Crippen molar-refractivity contribution in [1.82, 2.24) is 9.29 Å². The zero-order valence-corrected chi connectivity index (χ0v) is 15.0. The fourth-order valence-electron chi connectivity index (χ4n) is 3.74. The molecule has 0 aliphatic carbocycles. The van der Waals surface area contributed by atoms with E-state index in [2.05, 4.69) is 4.98 Å². The van der Waals surface area contributed by atoms with Gasteiger partial charge in [0.1, 0.15) is 0 Å². The molecule has 0 bridgehead atoms. The quantitative estimate of drug-likeness (QED) is 0.779. The number of piperidine rings is 1. The highest BCUT2D eigenvalue weighted by Gasteiger charge is 2.48. The molecule has 0 amide bonds. The minimum Gasteiger partial charge on any atom is -0.377 e. The van der Waals surface area contributed by atoms with Gasteiger partial charge >= 0.3 is 0 Å². The van der Waals surface area contributed by atoms with Crippen molar-refractivity contribution >= 4 is 10.0 Å². The van der Waals surface area contributed by atoms with E-state index < -0.39 is 10.0 Å². The third-order valence-electron chi connectivity index (χ3n) is 5.09. The van der Waals surface area contributed by atoms with Crippen LogP contribution in [0.1, 0.15) is 31.7 Å². The first-order valence-corrected chi connectivity index (χ1v) is 10.2. The van der Waals surface area contributed by atoms with Crippen LogP contribution in [0.15, 0.2) is 24.5 Å². The maximum absolute atomic E-state index is 12.3. The summed E-state index contributed by atoms with van der Waals surface area (Å²) in [5.41, 5.74) is 0.789. The van der Waals surface area contributed by atoms with Crippen molar-refractivity contribution in [3.8, 4) is 0 Å². The zero-order chi connectivity index (χ0) is 17.0. The number of fused-ring (bicyclic) bond motifs is 1. The van der Waals surface area contributed by atoms with E-state index in [9.17, 15) is 8.42 Å². The second-order valence-electron chi connectivity index (χ2n) is 6.70. The smallest absolute Gasteiger partial charge is 0.213 e. The summed E-state index contributed by atoms with van der Waals surface area (Å²) in [6.07, 6.45) is 6.26. The molecule has 0 spiro atoms. The van der Waals surface area contributed by atoms with Crippen LogP contribution in [0.2, 0.25) is 0 Å². The fourth-order valence-corrected chi connectivity index (χ4v) is 4.94. The Labute approximate surface area is 144 Å². The third kappa shape index (κ3) is 3.79. The van der Waals surface area contributed by atoms with Gasteiger partial charge in [-0.05, 0) is 37.8 Å². The molecule has 2 fully saturated rings. The van der Waals surface area contributed by atoms with Gasteiger partial charge in [-0.1, -0.05) is 6.07 Å². The van der Waals surface area contributed by atoms with Crippen molar-refractivity contribution in [2.24, 2.45) is 5.41 Å². The van der Waals surface area contributed by atoms with Crippen molar-refractivity contribution in [1.29, 1.82) is 0 Å². The van der Waals surface area contributed by atoms with Gasteiger partial charge in [0.2, 0.25) is 10.0 Å². The molecule has 3 heterocycles. The minimum absolute atomic E-state index is 0.0865. The predicted molar refractivity (Wildman–Crippen MR) is 91.0 cm³/mol. The lowest BCUT2D eigenvalue weighted by Crippen LogP contribution is -2.58. The van der Waals surface area contributed by atoms with Gasteiger partial charge in [-0.25, -0.2) is 12.7 Å². The van der Waals surface area contributed by atoms with E-state index in [1.807, 2.05) is 12.1 Å². The monoisotopic (exact) mass is 354 g/mol. The first-order chi connectivity index (χ1) is 11.6. The number of aromatic nitrogens is 1. The SMILES string of the molecule is CCS(=O)(=O)N1CC[C@H]2OCCC[C@]2(COCc2cccnc2)C1. The van der Waals surface area contributed by atoms with Crippen LogP contribution in [0.4, 0.5) is 0 Å². The van der Waals surface area contributed by atoms with Crippen LogP contribution in [0, 0.1) is 5.41 Å². The van der Waals surface area contributed by atoms with Gasteiger partial charge < -0.3 is 9.47 Å². The van der Waals surface area contributed by atoms with Crippen molar-refractivity contribution in [2.75, 3.05) is 32.1 Å². The maximum atomic E-state index is 12.3. The fraction of sp³-hybridized carbons (Fsp3) is 0.706. The summed E-state index contributed by atoms with van der Waals surface area (Å²) in [4.78, 5) is 4.09. The van der Waals surface area contributed by atoms with Gasteiger partial charge in [-0.2, -0.15) is 0 Å². The van der Waals surface area contributed by atoms with Crippen LogP contribution in [-0.4, -0.2) is 55.9 Å². The van der Waals surface area contributed by atoms with Crippen LogP contribution in [0.25, 0.3) is 0 Å². The number of pyridine rings is 1. The normalized spacial score (nSPS) is 28.5. The minimum atomic E-state index is -3.17. The van der Waals surface area contributed by atoms with Crippen LogP contribution < -0.4 is 0 Å². The van der Waals surface area contributed by atoms with E-state index in [0.29, 0.717) is 26.3 Å². The van der Waals surface area contributed by atoms with E-state index in [0.717, 1.165) is 31.4 Å². The standard InChI is InChI=1S/C17H26N2O4S/c1-2-24(20,21)19-9-6-16-17(13-19,7-4-10-23-16)14-22-12-15-5-3-8-18-11-15/h3,5,8,11,16H,2,4,6-7,9-10,12-14H2,1H3/t16-,17-/m1/s1. The molecule has 0 saturated carbocycles. The van der Waals surface area contributed by atoms with E-state index >= 15 is 0 Å². The largest absolute Gasteiger partial charge is 0.377 e. The molecular formula is C17H26N2O4S. The average Bonchev–Trinajstić information content (AvgIpc) is 2.62. The summed E-state index contributed by atoms with van der Waals surface area (Å²) in [6, 6.07) is 3.87. The molecule has 0 N–H and O–H groups in total. The molecular weight excluding hydrogens is 328 g/mol. The summed E-state index contributed by atoms with van der Waals surface area (Å²) in [5, 5.41) is 0. The first kappa shape index (κ1) is 17.8. The predicted octanol–water partition coefficient (Wildman–Crippen LogP) is 1.82. The summed E-state index contributed by atoms with van der Waals surface area (Å²) in [6.45, 7) is 4.51. The number of hydrogen-bond donors (Lipinski definition) is 0. The Bertz CT molecular complexity index is 637. The number of ether oxygens (including phenoxy) is 2. The molecule has 7 heteroatoms. The molecule has 0 unspecified atom stereocenters. The molecule has 2 aliphatic heterocycles. The molecule has 6 nitrogen and oxygen atoms in total. The summed E-state index contributed by atoms with van der Waals surface area (Å²) < 4.78 is 38.2. The van der Waals surface area contributed by atoms with Gasteiger partial charge in [0, 0.05) is 37.5 Å². The Balaban J connectivity index is 1.69. The van der Waals surface area contributed by atoms with Gasteiger partial charge in [0.25, 0.3) is 0 Å². The van der Waals surface area contributed by atoms with E-state index in [4.69, 9.17) is 9.47 Å². The molecule has 1 aromatic rings. The number of nitrogens with zero attached hydrogens (tertiary/aromatic N) is 2. The Morgan fingerprint density at radius 1 is 1.50 bits per heavy atom. The molecule has 24 heavy (non-hydrogen) atoms. The van der Waals surface area contributed by atoms with Gasteiger partial charge in [-0.3, -0.25) is 4.98 Å². The van der Waals surface area contributed by atoms with Gasteiger partial charge in [-0.15, -0.1) is 0 Å². The molecule has 2 aliphatic rings. The van der Waals surface area contributed by atoms with Crippen molar-refractivity contribution < 1.29 is 17.9 Å². The molecule has 2 atom stereocenters. The lowest BCUT2D eigenvalue weighted by molar-refractivity contribution is -0.144. The number of sulfonamides is 1.